The van der Waals surface area contributed by atoms with Crippen LogP contribution < -0.4 is 4.09 Å². The molecule has 1 aromatic heterocycles. The Bertz CT molecular complexity index is 220. The van der Waals surface area contributed by atoms with Gasteiger partial charge in [0.1, 0.15) is 0 Å². The first-order valence-corrected chi connectivity index (χ1v) is 3.04. The van der Waals surface area contributed by atoms with Gasteiger partial charge in [-0.1, -0.05) is 4.09 Å². The van der Waals surface area contributed by atoms with E-state index in [9.17, 15) is 0 Å². The molecule has 9 heavy (non-hydrogen) atoms. The van der Waals surface area contributed by atoms with Crippen molar-refractivity contribution in [1.82, 2.24) is 0 Å². The highest BCUT2D eigenvalue weighted by atomic mass is 35.5. The molecule has 1 radical (unpaired) electrons. The van der Waals surface area contributed by atoms with Crippen LogP contribution in [0.5, 0.6) is 0 Å². The maximum Gasteiger partial charge on any atom is 0.268 e. The number of rotatable bonds is 0. The topological polar surface area (TPSA) is 3.88 Å². The Morgan fingerprint density at radius 2 is 2.33 bits per heavy atom. The van der Waals surface area contributed by atoms with Crippen LogP contribution in [0.3, 0.4) is 0 Å². The summed E-state index contributed by atoms with van der Waals surface area (Å²) in [5, 5.41) is 0. The Morgan fingerprint density at radius 1 is 1.67 bits per heavy atom. The molecule has 0 saturated carbocycles. The van der Waals surface area contributed by atoms with Gasteiger partial charge in [0, 0.05) is 19.1 Å². The second-order valence-electron chi connectivity index (χ2n) is 1.99. The normalized spacial score (nSPS) is 9.67. The molecule has 0 atom stereocenters. The summed E-state index contributed by atoms with van der Waals surface area (Å²) in [4.78, 5) is 0. The average molecular weight is 142 g/mol. The van der Waals surface area contributed by atoms with Gasteiger partial charge in [0.2, 0.25) is 5.69 Å². The fourth-order valence-corrected chi connectivity index (χ4v) is 0.762. The van der Waals surface area contributed by atoms with Crippen LogP contribution >= 0.6 is 11.8 Å². The van der Waals surface area contributed by atoms with Gasteiger partial charge in [-0.2, -0.15) is 0 Å². The minimum atomic E-state index is 0.990. The molecule has 0 bridgehead atoms. The Kier molecular flexibility index (Phi) is 1.72. The molecule has 1 rings (SSSR count). The molecule has 1 heterocycles. The molecule has 0 aliphatic heterocycles. The van der Waals surface area contributed by atoms with Crippen molar-refractivity contribution in [2.45, 2.75) is 6.92 Å². The minimum absolute atomic E-state index is 0.990. The molecule has 0 aromatic carbocycles. The summed E-state index contributed by atoms with van der Waals surface area (Å²) < 4.78 is 1.54. The molecule has 0 saturated heterocycles. The summed E-state index contributed by atoms with van der Waals surface area (Å²) in [7, 11) is 0. The second-order valence-corrected chi connectivity index (χ2v) is 2.35. The van der Waals surface area contributed by atoms with Gasteiger partial charge in [-0.25, -0.2) is 0 Å². The van der Waals surface area contributed by atoms with Crippen LogP contribution in [-0.4, -0.2) is 0 Å². The molecule has 0 aliphatic rings. The van der Waals surface area contributed by atoms with E-state index in [0.29, 0.717) is 0 Å². The molecule has 1 aromatic rings. The lowest BCUT2D eigenvalue weighted by atomic mass is 10.3. The Morgan fingerprint density at radius 3 is 2.78 bits per heavy atom. The summed E-state index contributed by atoms with van der Waals surface area (Å²) >= 11 is 5.67. The van der Waals surface area contributed by atoms with Crippen LogP contribution in [0.25, 0.3) is 0 Å². The van der Waals surface area contributed by atoms with Crippen LogP contribution in [0.4, 0.5) is 0 Å². The third-order valence-corrected chi connectivity index (χ3v) is 1.53. The Balaban J connectivity index is 3.17. The van der Waals surface area contributed by atoms with Gasteiger partial charge >= 0.3 is 0 Å². The van der Waals surface area contributed by atoms with Crippen molar-refractivity contribution in [1.29, 1.82) is 0 Å². The van der Waals surface area contributed by atoms with Crippen LogP contribution in [0.1, 0.15) is 11.3 Å². The molecule has 0 amide bonds. The lowest BCUT2D eigenvalue weighted by Gasteiger charge is -1.88. The number of hydrogen-bond donors (Lipinski definition) is 0. The van der Waals surface area contributed by atoms with E-state index >= 15 is 0 Å². The van der Waals surface area contributed by atoms with Crippen molar-refractivity contribution in [3.05, 3.63) is 36.5 Å². The first-order chi connectivity index (χ1) is 4.20. The highest BCUT2D eigenvalue weighted by Crippen LogP contribution is 1.95. The monoisotopic (exact) mass is 141 g/mol. The maximum absolute atomic E-state index is 5.67. The summed E-state index contributed by atoms with van der Waals surface area (Å²) in [5.41, 5.74) is 1.99. The molecule has 0 fully saturated rings. The predicted molar refractivity (Wildman–Crippen MR) is 37.1 cm³/mol. The lowest BCUT2D eigenvalue weighted by molar-refractivity contribution is -0.527. The first-order valence-electron chi connectivity index (χ1n) is 2.70. The lowest BCUT2D eigenvalue weighted by Crippen LogP contribution is -2.23. The molecule has 0 spiro atoms. The van der Waals surface area contributed by atoms with Crippen molar-refractivity contribution in [2.24, 2.45) is 0 Å². The minimum Gasteiger partial charge on any atom is -0.0876 e. The SMILES string of the molecule is [CH2]c1cc[n+](Cl)c(C)c1. The molecule has 0 aliphatic carbocycles. The van der Waals surface area contributed by atoms with E-state index in [1.807, 2.05) is 19.1 Å². The number of aromatic nitrogens is 1. The number of aryl methyl sites for hydroxylation is 1. The molecule has 1 nitrogen and oxygen atoms in total. The van der Waals surface area contributed by atoms with Gasteiger partial charge in [0.25, 0.3) is 11.8 Å². The predicted octanol–water partition coefficient (Wildman–Crippen LogP) is 1.47. The van der Waals surface area contributed by atoms with E-state index < -0.39 is 0 Å². The fraction of sp³-hybridized carbons (Fsp3) is 0.143. The zero-order valence-electron chi connectivity index (χ0n) is 5.26. The van der Waals surface area contributed by atoms with Crippen LogP contribution in [-0.2, 0) is 0 Å². The van der Waals surface area contributed by atoms with Gasteiger partial charge in [-0.15, -0.1) is 0 Å². The van der Waals surface area contributed by atoms with Crippen molar-refractivity contribution in [2.75, 3.05) is 0 Å². The zero-order chi connectivity index (χ0) is 6.85. The van der Waals surface area contributed by atoms with E-state index in [2.05, 4.69) is 6.92 Å². The van der Waals surface area contributed by atoms with Crippen LogP contribution in [0.2, 0.25) is 0 Å². The van der Waals surface area contributed by atoms with Gasteiger partial charge in [0.15, 0.2) is 6.20 Å². The third kappa shape index (κ3) is 1.42. The van der Waals surface area contributed by atoms with Gasteiger partial charge in [-0.3, -0.25) is 0 Å². The summed E-state index contributed by atoms with van der Waals surface area (Å²) in [6, 6.07) is 3.78. The first kappa shape index (κ1) is 6.56. The number of pyridine rings is 1. The highest BCUT2D eigenvalue weighted by Gasteiger charge is 2.00. The standard InChI is InChI=1S/C7H8ClN/c1-6-3-4-9(8)7(2)5-6/h3-5H,1H2,2H3/q+1. The van der Waals surface area contributed by atoms with E-state index in [0.717, 1.165) is 11.3 Å². The molecule has 47 valence electrons. The molecular weight excluding hydrogens is 134 g/mol. The van der Waals surface area contributed by atoms with Crippen LogP contribution in [0.15, 0.2) is 18.3 Å². The van der Waals surface area contributed by atoms with Crippen LogP contribution in [0, 0.1) is 13.8 Å². The number of nitrogens with zero attached hydrogens (tertiary/aromatic N) is 1. The zero-order valence-corrected chi connectivity index (χ0v) is 6.02. The summed E-state index contributed by atoms with van der Waals surface area (Å²) in [6.45, 7) is 5.68. The second kappa shape index (κ2) is 2.36. The molecule has 0 N–H and O–H groups in total. The molecule has 0 unspecified atom stereocenters. The smallest absolute Gasteiger partial charge is 0.0876 e. The van der Waals surface area contributed by atoms with E-state index in [1.54, 1.807) is 6.20 Å². The highest BCUT2D eigenvalue weighted by molar-refractivity contribution is 6.04. The molecular formula is C7H8ClN+. The van der Waals surface area contributed by atoms with E-state index in [-0.39, 0.29) is 0 Å². The summed E-state index contributed by atoms with van der Waals surface area (Å²) in [6.07, 6.45) is 1.78. The van der Waals surface area contributed by atoms with Crippen molar-refractivity contribution in [3.8, 4) is 0 Å². The third-order valence-electron chi connectivity index (χ3n) is 1.15. The van der Waals surface area contributed by atoms with E-state index in [1.165, 1.54) is 4.09 Å². The molecule has 2 heteroatoms. The van der Waals surface area contributed by atoms with Crippen molar-refractivity contribution >= 4 is 11.8 Å². The quantitative estimate of drug-likeness (QED) is 0.515. The largest absolute Gasteiger partial charge is 0.268 e. The van der Waals surface area contributed by atoms with Gasteiger partial charge in [0.05, 0.1) is 0 Å². The Hall–Kier alpha value is -0.560. The van der Waals surface area contributed by atoms with Crippen molar-refractivity contribution in [3.63, 3.8) is 0 Å². The number of hydrogen-bond acceptors (Lipinski definition) is 0. The fourth-order valence-electron chi connectivity index (χ4n) is 0.657. The van der Waals surface area contributed by atoms with E-state index in [4.69, 9.17) is 11.8 Å². The van der Waals surface area contributed by atoms with Crippen molar-refractivity contribution < 1.29 is 4.09 Å². The average Bonchev–Trinajstić information content (AvgIpc) is 1.80. The number of halogens is 1. The maximum atomic E-state index is 5.67. The summed E-state index contributed by atoms with van der Waals surface area (Å²) in [5.74, 6) is 0. The van der Waals surface area contributed by atoms with Gasteiger partial charge < -0.3 is 0 Å². The van der Waals surface area contributed by atoms with Gasteiger partial charge in [-0.05, 0) is 12.5 Å². The Labute approximate surface area is 60.0 Å².